The molecule has 0 radical (unpaired) electrons. The number of pyridine rings is 1. The lowest BCUT2D eigenvalue weighted by Gasteiger charge is -2.25. The van der Waals surface area contributed by atoms with Crippen molar-refractivity contribution in [3.63, 3.8) is 0 Å². The summed E-state index contributed by atoms with van der Waals surface area (Å²) in [5.41, 5.74) is 0.396. The maximum absolute atomic E-state index is 12.1. The number of aryl methyl sites for hydroxylation is 1. The lowest BCUT2D eigenvalue weighted by atomic mass is 9.90. The number of hydrogen-bond donors (Lipinski definition) is 1. The fourth-order valence-corrected chi connectivity index (χ4v) is 2.52. The van der Waals surface area contributed by atoms with Gasteiger partial charge in [0.05, 0.1) is 5.60 Å². The molecule has 1 aromatic rings. The first-order valence-electron chi connectivity index (χ1n) is 6.86. The summed E-state index contributed by atoms with van der Waals surface area (Å²) in [7, 11) is 0. The predicted octanol–water partition coefficient (Wildman–Crippen LogP) is 1.63. The normalized spacial score (nSPS) is 19.7. The van der Waals surface area contributed by atoms with Gasteiger partial charge < -0.3 is 10.0 Å². The number of rotatable bonds is 4. The minimum atomic E-state index is -0.696. The molecule has 0 unspecified atom stereocenters. The van der Waals surface area contributed by atoms with Crippen LogP contribution in [0.1, 0.15) is 32.3 Å². The second-order valence-electron chi connectivity index (χ2n) is 5.84. The van der Waals surface area contributed by atoms with Crippen LogP contribution in [0.5, 0.6) is 0 Å². The van der Waals surface area contributed by atoms with Crippen LogP contribution in [0, 0.1) is 5.92 Å². The van der Waals surface area contributed by atoms with E-state index in [4.69, 9.17) is 0 Å². The van der Waals surface area contributed by atoms with Crippen LogP contribution in [0.3, 0.4) is 0 Å². The third kappa shape index (κ3) is 3.77. The highest BCUT2D eigenvalue weighted by atomic mass is 16.3. The number of amides is 1. The fourth-order valence-electron chi connectivity index (χ4n) is 2.52. The molecule has 4 nitrogen and oxygen atoms in total. The Bertz CT molecular complexity index is 426. The maximum Gasteiger partial charge on any atom is 0.222 e. The van der Waals surface area contributed by atoms with Gasteiger partial charge in [0.15, 0.2) is 0 Å². The first-order chi connectivity index (χ1) is 8.97. The molecule has 4 heteroatoms. The lowest BCUT2D eigenvalue weighted by Crippen LogP contribution is -2.35. The van der Waals surface area contributed by atoms with E-state index in [0.717, 1.165) is 24.9 Å². The van der Waals surface area contributed by atoms with E-state index in [-0.39, 0.29) is 11.8 Å². The maximum atomic E-state index is 12.1. The number of nitrogens with zero attached hydrogens (tertiary/aromatic N) is 2. The predicted molar refractivity (Wildman–Crippen MR) is 73.5 cm³/mol. The molecule has 19 heavy (non-hydrogen) atoms. The number of carbonyl (C=O) groups is 1. The van der Waals surface area contributed by atoms with E-state index in [1.54, 1.807) is 12.4 Å². The van der Waals surface area contributed by atoms with Crippen molar-refractivity contribution >= 4 is 5.91 Å². The topological polar surface area (TPSA) is 53.4 Å². The van der Waals surface area contributed by atoms with Gasteiger partial charge in [0.1, 0.15) is 0 Å². The van der Waals surface area contributed by atoms with Crippen molar-refractivity contribution in [1.29, 1.82) is 0 Å². The van der Waals surface area contributed by atoms with Gasteiger partial charge in [0, 0.05) is 37.8 Å². The Morgan fingerprint density at radius 2 is 2.37 bits per heavy atom. The molecule has 1 fully saturated rings. The van der Waals surface area contributed by atoms with E-state index in [9.17, 15) is 9.90 Å². The molecule has 1 amide bonds. The van der Waals surface area contributed by atoms with Gasteiger partial charge in [-0.25, -0.2) is 0 Å². The molecule has 1 N–H and O–H groups in total. The molecular formula is C15H22N2O2. The van der Waals surface area contributed by atoms with Crippen LogP contribution >= 0.6 is 0 Å². The standard InChI is InChI=1S/C15H22N2O2/c1-15(2,19)13-7-9-17(11-13)14(18)6-5-12-4-3-8-16-10-12/h3-4,8,10,13,19H,5-7,9,11H2,1-2H3/t13-/m0/s1. The Hall–Kier alpha value is -1.42. The van der Waals surface area contributed by atoms with Crippen molar-refractivity contribution in [3.05, 3.63) is 30.1 Å². The van der Waals surface area contributed by atoms with Crippen molar-refractivity contribution < 1.29 is 9.90 Å². The number of carbonyl (C=O) groups excluding carboxylic acids is 1. The summed E-state index contributed by atoms with van der Waals surface area (Å²) in [4.78, 5) is 18.0. The zero-order chi connectivity index (χ0) is 13.9. The molecule has 0 spiro atoms. The minimum absolute atomic E-state index is 0.176. The number of aliphatic hydroxyl groups is 1. The largest absolute Gasteiger partial charge is 0.390 e. The lowest BCUT2D eigenvalue weighted by molar-refractivity contribution is -0.130. The molecule has 1 aliphatic heterocycles. The van der Waals surface area contributed by atoms with Crippen LogP contribution in [0.15, 0.2) is 24.5 Å². The average molecular weight is 262 g/mol. The van der Waals surface area contributed by atoms with Gasteiger partial charge in [-0.2, -0.15) is 0 Å². The van der Waals surface area contributed by atoms with Crippen molar-refractivity contribution in [2.75, 3.05) is 13.1 Å². The molecule has 2 heterocycles. The molecule has 0 bridgehead atoms. The molecule has 1 atom stereocenters. The molecule has 104 valence electrons. The SMILES string of the molecule is CC(C)(O)[C@H]1CCN(C(=O)CCc2cccnc2)C1. The third-order valence-corrected chi connectivity index (χ3v) is 3.89. The molecule has 2 rings (SSSR count). The van der Waals surface area contributed by atoms with Crippen molar-refractivity contribution in [1.82, 2.24) is 9.88 Å². The average Bonchev–Trinajstić information content (AvgIpc) is 2.87. The zero-order valence-electron chi connectivity index (χ0n) is 11.7. The van der Waals surface area contributed by atoms with Crippen molar-refractivity contribution in [3.8, 4) is 0 Å². The summed E-state index contributed by atoms with van der Waals surface area (Å²) in [6.07, 6.45) is 5.68. The summed E-state index contributed by atoms with van der Waals surface area (Å²) in [5, 5.41) is 9.98. The van der Waals surface area contributed by atoms with Crippen LogP contribution in [-0.2, 0) is 11.2 Å². The molecule has 1 saturated heterocycles. The number of hydrogen-bond acceptors (Lipinski definition) is 3. The van der Waals surface area contributed by atoms with E-state index in [0.29, 0.717) is 13.0 Å². The highest BCUT2D eigenvalue weighted by Gasteiger charge is 2.34. The molecule has 1 aromatic heterocycles. The molecule has 0 saturated carbocycles. The van der Waals surface area contributed by atoms with Gasteiger partial charge >= 0.3 is 0 Å². The second-order valence-corrected chi connectivity index (χ2v) is 5.84. The quantitative estimate of drug-likeness (QED) is 0.897. The fraction of sp³-hybridized carbons (Fsp3) is 0.600. The van der Waals surface area contributed by atoms with Crippen LogP contribution < -0.4 is 0 Å². The van der Waals surface area contributed by atoms with Crippen molar-refractivity contribution in [2.45, 2.75) is 38.7 Å². The Labute approximate surface area is 114 Å². The summed E-state index contributed by atoms with van der Waals surface area (Å²) >= 11 is 0. The van der Waals surface area contributed by atoms with Gasteiger partial charge in [0.2, 0.25) is 5.91 Å². The first kappa shape index (κ1) is 14.0. The first-order valence-corrected chi connectivity index (χ1v) is 6.86. The molecular weight excluding hydrogens is 240 g/mol. The van der Waals surface area contributed by atoms with Crippen LogP contribution in [-0.4, -0.2) is 39.6 Å². The number of aromatic nitrogens is 1. The Morgan fingerprint density at radius 3 is 2.95 bits per heavy atom. The summed E-state index contributed by atoms with van der Waals surface area (Å²) in [6, 6.07) is 3.88. The van der Waals surface area contributed by atoms with Crippen LogP contribution in [0.25, 0.3) is 0 Å². The van der Waals surface area contributed by atoms with E-state index in [1.165, 1.54) is 0 Å². The smallest absolute Gasteiger partial charge is 0.222 e. The van der Waals surface area contributed by atoms with E-state index < -0.39 is 5.60 Å². The van der Waals surface area contributed by atoms with Crippen LogP contribution in [0.4, 0.5) is 0 Å². The van der Waals surface area contributed by atoms with Gasteiger partial charge in [0.25, 0.3) is 0 Å². The van der Waals surface area contributed by atoms with Gasteiger partial charge in [-0.05, 0) is 38.3 Å². The molecule has 1 aliphatic rings. The summed E-state index contributed by atoms with van der Waals surface area (Å²) in [5.74, 6) is 0.366. The van der Waals surface area contributed by atoms with Gasteiger partial charge in [-0.1, -0.05) is 6.07 Å². The Balaban J connectivity index is 1.82. The monoisotopic (exact) mass is 262 g/mol. The molecule has 0 aromatic carbocycles. The van der Waals surface area contributed by atoms with E-state index in [2.05, 4.69) is 4.98 Å². The third-order valence-electron chi connectivity index (χ3n) is 3.89. The number of likely N-dealkylation sites (tertiary alicyclic amines) is 1. The van der Waals surface area contributed by atoms with E-state index >= 15 is 0 Å². The Morgan fingerprint density at radius 1 is 1.58 bits per heavy atom. The van der Waals surface area contributed by atoms with Crippen molar-refractivity contribution in [2.24, 2.45) is 5.92 Å². The minimum Gasteiger partial charge on any atom is -0.390 e. The zero-order valence-corrected chi connectivity index (χ0v) is 11.7. The van der Waals surface area contributed by atoms with Crippen LogP contribution in [0.2, 0.25) is 0 Å². The van der Waals surface area contributed by atoms with Gasteiger partial charge in [-0.3, -0.25) is 9.78 Å². The second kappa shape index (κ2) is 5.70. The summed E-state index contributed by atoms with van der Waals surface area (Å²) < 4.78 is 0. The highest BCUT2D eigenvalue weighted by Crippen LogP contribution is 2.27. The van der Waals surface area contributed by atoms with Gasteiger partial charge in [-0.15, -0.1) is 0 Å². The summed E-state index contributed by atoms with van der Waals surface area (Å²) in [6.45, 7) is 5.08. The molecule has 0 aliphatic carbocycles. The highest BCUT2D eigenvalue weighted by molar-refractivity contribution is 5.76. The van der Waals surface area contributed by atoms with E-state index in [1.807, 2.05) is 30.9 Å². The Kier molecular flexibility index (Phi) is 4.20.